The molecule has 0 fully saturated rings. The average Bonchev–Trinajstić information content (AvgIpc) is 2.27. The topological polar surface area (TPSA) is 12.0 Å². The van der Waals surface area contributed by atoms with Crippen LogP contribution in [-0.2, 0) is 21.7 Å². The Hall–Kier alpha value is 0.371. The predicted molar refractivity (Wildman–Crippen MR) is 92.4 cm³/mol. The van der Waals surface area contributed by atoms with Crippen LogP contribution in [-0.4, -0.2) is 13.8 Å². The molecule has 1 nitrogen and oxygen atoms in total. The first-order chi connectivity index (χ1) is 7.41. The summed E-state index contributed by atoms with van der Waals surface area (Å²) in [6.45, 7) is 20.6. The molecule has 1 unspecified atom stereocenters. The van der Waals surface area contributed by atoms with Crippen molar-refractivity contribution >= 4 is 8.24 Å². The third kappa shape index (κ3) is 4.69. The zero-order chi connectivity index (χ0) is 13.6. The Morgan fingerprint density at radius 1 is 1.05 bits per heavy atom. The summed E-state index contributed by atoms with van der Waals surface area (Å²) in [5.41, 5.74) is 4.44. The van der Waals surface area contributed by atoms with Gasteiger partial charge in [0.05, 0.1) is 0 Å². The number of hydrogen-bond acceptors (Lipinski definition) is 1. The standard InChI is InChI=1S/C15H28NSi.2CH3.Ti/c1-11-10-15(7,13(3)12(11)2)17(8,9)16-14(4,5)6;;;/h16H,1-9H3;2*1H3;/q3*-1;+3. The smallest absolute Gasteiger partial charge is 0.358 e. The molecule has 0 heterocycles. The van der Waals surface area contributed by atoms with Crippen molar-refractivity contribution in [3.63, 3.8) is 0 Å². The quantitative estimate of drug-likeness (QED) is 0.533. The van der Waals surface area contributed by atoms with Crippen molar-refractivity contribution in [1.82, 2.24) is 4.98 Å². The van der Waals surface area contributed by atoms with Gasteiger partial charge in [-0.2, -0.15) is 11.1 Å². The minimum atomic E-state index is -1.62. The van der Waals surface area contributed by atoms with E-state index in [-0.39, 0.29) is 47.1 Å². The summed E-state index contributed by atoms with van der Waals surface area (Å²) in [5, 5.41) is 0.119. The molecule has 115 valence electrons. The summed E-state index contributed by atoms with van der Waals surface area (Å²) >= 11 is 0. The summed E-state index contributed by atoms with van der Waals surface area (Å²) in [4.78, 5) is 3.88. The largest absolute Gasteiger partial charge is 3.00 e. The van der Waals surface area contributed by atoms with Crippen molar-refractivity contribution in [2.24, 2.45) is 0 Å². The van der Waals surface area contributed by atoms with E-state index in [1.807, 2.05) is 0 Å². The maximum Gasteiger partial charge on any atom is 3.00 e. The third-order valence-electron chi connectivity index (χ3n) is 4.25. The van der Waals surface area contributed by atoms with Crippen molar-refractivity contribution in [1.29, 1.82) is 0 Å². The first-order valence-electron chi connectivity index (χ1n) is 6.50. The molecule has 1 N–H and O–H groups in total. The zero-order valence-electron chi connectivity index (χ0n) is 15.5. The summed E-state index contributed by atoms with van der Waals surface area (Å²) in [6.07, 6.45) is 3.73. The van der Waals surface area contributed by atoms with Gasteiger partial charge in [-0.1, -0.05) is 38.9 Å². The van der Waals surface area contributed by atoms with Crippen molar-refractivity contribution < 1.29 is 21.7 Å². The van der Waals surface area contributed by atoms with Gasteiger partial charge >= 0.3 is 21.7 Å². The molecular formula is C17H34NSiTi. The molecule has 1 rings (SSSR count). The first kappa shape index (κ1) is 25.3. The molecule has 0 bridgehead atoms. The van der Waals surface area contributed by atoms with Gasteiger partial charge in [-0.15, -0.1) is 6.92 Å². The molecule has 20 heavy (non-hydrogen) atoms. The van der Waals surface area contributed by atoms with Crippen LogP contribution < -0.4 is 4.98 Å². The van der Waals surface area contributed by atoms with E-state index in [0.29, 0.717) is 0 Å². The molecule has 0 aliphatic heterocycles. The second kappa shape index (κ2) is 7.58. The number of allylic oxidation sites excluding steroid dienone is 4. The van der Waals surface area contributed by atoms with E-state index in [4.69, 9.17) is 0 Å². The van der Waals surface area contributed by atoms with Gasteiger partial charge in [-0.05, 0) is 20.8 Å². The normalized spacial score (nSPS) is 22.6. The molecule has 0 amide bonds. The van der Waals surface area contributed by atoms with Crippen LogP contribution in [0.25, 0.3) is 0 Å². The molecule has 1 atom stereocenters. The molecule has 1 radical (unpaired) electrons. The van der Waals surface area contributed by atoms with Gasteiger partial charge in [0.15, 0.2) is 0 Å². The van der Waals surface area contributed by atoms with E-state index in [0.717, 1.165) is 0 Å². The maximum absolute atomic E-state index is 3.88. The minimum Gasteiger partial charge on any atom is -0.358 e. The van der Waals surface area contributed by atoms with Crippen LogP contribution in [0.4, 0.5) is 0 Å². The molecule has 0 aromatic heterocycles. The first-order valence-corrected chi connectivity index (χ1v) is 9.50. The van der Waals surface area contributed by atoms with Gasteiger partial charge in [-0.3, -0.25) is 6.08 Å². The van der Waals surface area contributed by atoms with Crippen molar-refractivity contribution in [3.8, 4) is 0 Å². The molecule has 0 saturated carbocycles. The van der Waals surface area contributed by atoms with Crippen molar-refractivity contribution in [2.75, 3.05) is 0 Å². The van der Waals surface area contributed by atoms with Crippen LogP contribution in [0, 0.1) is 20.9 Å². The molecule has 1 aliphatic carbocycles. The van der Waals surface area contributed by atoms with Crippen LogP contribution in [0.5, 0.6) is 0 Å². The van der Waals surface area contributed by atoms with Gasteiger partial charge < -0.3 is 19.8 Å². The van der Waals surface area contributed by atoms with Gasteiger partial charge in [0.25, 0.3) is 0 Å². The second-order valence-corrected chi connectivity index (χ2v) is 11.6. The Kier molecular flexibility index (Phi) is 9.60. The Morgan fingerprint density at radius 2 is 1.45 bits per heavy atom. The van der Waals surface area contributed by atoms with Gasteiger partial charge in [-0.25, -0.2) is 5.57 Å². The molecule has 0 aromatic carbocycles. The zero-order valence-corrected chi connectivity index (χ0v) is 18.1. The number of nitrogens with one attached hydrogen (secondary N) is 1. The second-order valence-electron chi connectivity index (χ2n) is 7.12. The molecular weight excluding hydrogens is 294 g/mol. The van der Waals surface area contributed by atoms with E-state index in [2.05, 4.69) is 72.6 Å². The Labute approximate surface area is 144 Å². The van der Waals surface area contributed by atoms with E-state index in [1.165, 1.54) is 16.7 Å². The fourth-order valence-corrected chi connectivity index (χ4v) is 6.66. The molecule has 1 aliphatic rings. The van der Waals surface area contributed by atoms with E-state index >= 15 is 0 Å². The van der Waals surface area contributed by atoms with E-state index < -0.39 is 8.24 Å². The Morgan fingerprint density at radius 3 is 1.70 bits per heavy atom. The summed E-state index contributed by atoms with van der Waals surface area (Å²) in [6, 6.07) is 0. The van der Waals surface area contributed by atoms with Gasteiger partial charge in [0, 0.05) is 5.54 Å². The Balaban J connectivity index is -0.000000963. The van der Waals surface area contributed by atoms with E-state index in [9.17, 15) is 0 Å². The third-order valence-corrected chi connectivity index (χ3v) is 8.62. The molecule has 0 saturated heterocycles. The fraction of sp³-hybridized carbons (Fsp3) is 0.647. The SMILES string of the molecule is CC1=[C-]C(C)([Si](C)(C)NC(C)(C)C)C(C)=C1C.[CH3-].[CH3-].[Ti+3]. The fourth-order valence-electron chi connectivity index (χ4n) is 2.91. The van der Waals surface area contributed by atoms with Crippen LogP contribution in [0.2, 0.25) is 18.1 Å². The maximum atomic E-state index is 3.88. The Bertz CT molecular complexity index is 388. The molecule has 0 spiro atoms. The minimum absolute atomic E-state index is 0. The van der Waals surface area contributed by atoms with Crippen molar-refractivity contribution in [2.45, 2.75) is 72.1 Å². The molecule has 0 aromatic rings. The van der Waals surface area contributed by atoms with Crippen molar-refractivity contribution in [3.05, 3.63) is 37.6 Å². The van der Waals surface area contributed by atoms with Gasteiger partial charge in [0.2, 0.25) is 0 Å². The monoisotopic (exact) mass is 328 g/mol. The predicted octanol–water partition coefficient (Wildman–Crippen LogP) is 5.34. The summed E-state index contributed by atoms with van der Waals surface area (Å²) in [5.74, 6) is 0. The van der Waals surface area contributed by atoms with Crippen LogP contribution in [0.1, 0.15) is 48.5 Å². The van der Waals surface area contributed by atoms with Crippen LogP contribution in [0.3, 0.4) is 0 Å². The van der Waals surface area contributed by atoms with Gasteiger partial charge in [0.1, 0.15) is 8.24 Å². The average molecular weight is 328 g/mol. The summed E-state index contributed by atoms with van der Waals surface area (Å²) in [7, 11) is -1.62. The summed E-state index contributed by atoms with van der Waals surface area (Å²) < 4.78 is 0. The van der Waals surface area contributed by atoms with Crippen LogP contribution in [0.15, 0.2) is 16.7 Å². The van der Waals surface area contributed by atoms with E-state index in [1.54, 1.807) is 0 Å². The van der Waals surface area contributed by atoms with Crippen LogP contribution >= 0.6 is 0 Å². The number of rotatable bonds is 2. The molecule has 3 heteroatoms. The number of hydrogen-bond donors (Lipinski definition) is 1.